The summed E-state index contributed by atoms with van der Waals surface area (Å²) in [5, 5.41) is 0. The molecule has 0 fully saturated rings. The molecule has 0 N–H and O–H groups in total. The number of unbranched alkanes of at least 4 members (excludes halogenated alkanes) is 36. The van der Waals surface area contributed by atoms with Gasteiger partial charge in [-0.25, -0.2) is 0 Å². The van der Waals surface area contributed by atoms with Crippen LogP contribution in [0.1, 0.15) is 310 Å². The van der Waals surface area contributed by atoms with E-state index in [1.807, 2.05) is 0 Å². The summed E-state index contributed by atoms with van der Waals surface area (Å²) in [4.78, 5) is 38.1. The third-order valence-corrected chi connectivity index (χ3v) is 12.8. The predicted molar refractivity (Wildman–Crippen MR) is 284 cm³/mol. The van der Waals surface area contributed by atoms with Crippen LogP contribution in [0, 0.1) is 0 Å². The highest BCUT2D eigenvalue weighted by molar-refractivity contribution is 5.71. The molecule has 1 atom stereocenters. The summed E-state index contributed by atoms with van der Waals surface area (Å²) in [5.74, 6) is -0.900. The molecule has 0 rings (SSSR count). The minimum absolute atomic E-state index is 0.0824. The van der Waals surface area contributed by atoms with E-state index in [0.29, 0.717) is 19.3 Å². The molecule has 0 radical (unpaired) electrons. The van der Waals surface area contributed by atoms with Gasteiger partial charge < -0.3 is 14.2 Å². The van der Waals surface area contributed by atoms with Crippen molar-refractivity contribution in [2.45, 2.75) is 316 Å². The lowest BCUT2D eigenvalue weighted by Gasteiger charge is -2.18. The summed E-state index contributed by atoms with van der Waals surface area (Å²) < 4.78 is 16.8. The Labute approximate surface area is 410 Å². The highest BCUT2D eigenvalue weighted by atomic mass is 16.6. The molecule has 0 bridgehead atoms. The molecule has 6 heteroatoms. The first-order valence-corrected chi connectivity index (χ1v) is 29.0. The highest BCUT2D eigenvalue weighted by Gasteiger charge is 2.19. The third-order valence-electron chi connectivity index (χ3n) is 12.8. The van der Waals surface area contributed by atoms with Crippen LogP contribution in [0.4, 0.5) is 0 Å². The Balaban J connectivity index is 4.38. The monoisotopic (exact) mass is 927 g/mol. The maximum absolute atomic E-state index is 12.8. The van der Waals surface area contributed by atoms with Crippen molar-refractivity contribution in [3.8, 4) is 0 Å². The fourth-order valence-electron chi connectivity index (χ4n) is 8.43. The van der Waals surface area contributed by atoms with Crippen molar-refractivity contribution < 1.29 is 28.6 Å². The van der Waals surface area contributed by atoms with Crippen molar-refractivity contribution in [2.24, 2.45) is 0 Å². The Hall–Kier alpha value is -2.37. The summed E-state index contributed by atoms with van der Waals surface area (Å²) in [5.41, 5.74) is 0. The van der Waals surface area contributed by atoms with Crippen LogP contribution in [-0.2, 0) is 28.6 Å². The molecule has 0 saturated heterocycles. The minimum Gasteiger partial charge on any atom is -0.462 e. The minimum atomic E-state index is -0.784. The molecule has 0 heterocycles. The lowest BCUT2D eigenvalue weighted by atomic mass is 10.1. The average molecular weight is 928 g/mol. The number of rotatable bonds is 53. The van der Waals surface area contributed by atoms with Gasteiger partial charge in [0.2, 0.25) is 0 Å². The third kappa shape index (κ3) is 52.6. The Morgan fingerprint density at radius 2 is 0.500 bits per heavy atom. The van der Waals surface area contributed by atoms with Crippen molar-refractivity contribution in [1.82, 2.24) is 0 Å². The standard InChI is InChI=1S/C60H110O6/c1-4-7-10-13-16-19-22-25-28-30-31-33-35-38-41-44-47-50-53-59(62)65-56-57(55-64-58(61)52-49-46-43-40-37-34-27-24-21-18-15-12-9-6-3)66-60(63)54-51-48-45-42-39-36-32-29-26-23-20-17-14-11-8-5-2/h29,31-34,37,57H,4-28,30,35-36,38-56H2,1-3H3/b32-29-,33-31-,37-34-. The van der Waals surface area contributed by atoms with E-state index in [1.165, 1.54) is 180 Å². The molecule has 0 aliphatic heterocycles. The number of carbonyl (C=O) groups excluding carboxylic acids is 3. The van der Waals surface area contributed by atoms with Crippen LogP contribution in [0.25, 0.3) is 0 Å². The second-order valence-corrected chi connectivity index (χ2v) is 19.5. The van der Waals surface area contributed by atoms with Gasteiger partial charge in [-0.2, -0.15) is 0 Å². The molecule has 0 aromatic carbocycles. The van der Waals surface area contributed by atoms with Crippen LogP contribution in [0.5, 0.6) is 0 Å². The second-order valence-electron chi connectivity index (χ2n) is 19.5. The maximum Gasteiger partial charge on any atom is 0.306 e. The van der Waals surface area contributed by atoms with Crippen molar-refractivity contribution in [3.05, 3.63) is 36.5 Å². The lowest BCUT2D eigenvalue weighted by molar-refractivity contribution is -0.167. The second kappa shape index (κ2) is 55.2. The zero-order valence-electron chi connectivity index (χ0n) is 44.2. The maximum atomic E-state index is 12.8. The van der Waals surface area contributed by atoms with Gasteiger partial charge in [0.25, 0.3) is 0 Å². The molecule has 0 aromatic rings. The number of carbonyl (C=O) groups is 3. The smallest absolute Gasteiger partial charge is 0.306 e. The quantitative estimate of drug-likeness (QED) is 0.0262. The lowest BCUT2D eigenvalue weighted by Crippen LogP contribution is -2.30. The van der Waals surface area contributed by atoms with E-state index in [2.05, 4.69) is 57.2 Å². The molecule has 0 aliphatic carbocycles. The number of hydrogen-bond acceptors (Lipinski definition) is 6. The van der Waals surface area contributed by atoms with Gasteiger partial charge in [-0.15, -0.1) is 0 Å². The van der Waals surface area contributed by atoms with E-state index in [9.17, 15) is 14.4 Å². The van der Waals surface area contributed by atoms with E-state index in [0.717, 1.165) is 89.9 Å². The summed E-state index contributed by atoms with van der Waals surface area (Å²) in [7, 11) is 0. The fraction of sp³-hybridized carbons (Fsp3) is 0.850. The fourth-order valence-corrected chi connectivity index (χ4v) is 8.43. The number of esters is 3. The van der Waals surface area contributed by atoms with Crippen LogP contribution in [0.3, 0.4) is 0 Å². The highest BCUT2D eigenvalue weighted by Crippen LogP contribution is 2.15. The molecular weight excluding hydrogens is 817 g/mol. The van der Waals surface area contributed by atoms with Gasteiger partial charge in [0, 0.05) is 19.3 Å². The van der Waals surface area contributed by atoms with Crippen molar-refractivity contribution in [1.29, 1.82) is 0 Å². The summed E-state index contributed by atoms with van der Waals surface area (Å²) in [6.45, 7) is 6.64. The number of hydrogen-bond donors (Lipinski definition) is 0. The van der Waals surface area contributed by atoms with Gasteiger partial charge in [0.05, 0.1) is 0 Å². The van der Waals surface area contributed by atoms with Gasteiger partial charge in [-0.1, -0.05) is 231 Å². The van der Waals surface area contributed by atoms with Gasteiger partial charge in [-0.05, 0) is 96.3 Å². The molecule has 0 amide bonds. The van der Waals surface area contributed by atoms with Gasteiger partial charge in [0.1, 0.15) is 13.2 Å². The van der Waals surface area contributed by atoms with Crippen LogP contribution < -0.4 is 0 Å². The zero-order valence-corrected chi connectivity index (χ0v) is 44.2. The van der Waals surface area contributed by atoms with Crippen LogP contribution in [-0.4, -0.2) is 37.2 Å². The topological polar surface area (TPSA) is 78.9 Å². The molecule has 0 aromatic heterocycles. The van der Waals surface area contributed by atoms with Crippen LogP contribution in [0.2, 0.25) is 0 Å². The van der Waals surface area contributed by atoms with E-state index in [1.54, 1.807) is 0 Å². The zero-order chi connectivity index (χ0) is 47.9. The average Bonchev–Trinajstić information content (AvgIpc) is 3.31. The first-order chi connectivity index (χ1) is 32.5. The van der Waals surface area contributed by atoms with E-state index >= 15 is 0 Å². The molecule has 0 spiro atoms. The van der Waals surface area contributed by atoms with Crippen molar-refractivity contribution in [2.75, 3.05) is 13.2 Å². The number of ether oxygens (including phenoxy) is 3. The first kappa shape index (κ1) is 63.6. The summed E-state index contributed by atoms with van der Waals surface area (Å²) in [6, 6.07) is 0. The van der Waals surface area contributed by atoms with Crippen molar-refractivity contribution >= 4 is 17.9 Å². The Bertz CT molecular complexity index is 1110. The SMILES string of the molecule is CCCCCCCCC/C=C\CCCCCCCC(=O)OC(COC(=O)CCCCC/C=C\CCCCCCCCC)COC(=O)CCCCCCC/C=C\CCCCCCCCCCC. The van der Waals surface area contributed by atoms with E-state index in [-0.39, 0.29) is 31.1 Å². The van der Waals surface area contributed by atoms with E-state index < -0.39 is 6.10 Å². The van der Waals surface area contributed by atoms with Gasteiger partial charge in [-0.3, -0.25) is 14.4 Å². The summed E-state index contributed by atoms with van der Waals surface area (Å²) in [6.07, 6.45) is 65.6. The largest absolute Gasteiger partial charge is 0.462 e. The van der Waals surface area contributed by atoms with Crippen LogP contribution >= 0.6 is 0 Å². The molecule has 386 valence electrons. The summed E-state index contributed by atoms with van der Waals surface area (Å²) >= 11 is 0. The Morgan fingerprint density at radius 3 is 0.773 bits per heavy atom. The Kier molecular flexibility index (Phi) is 53.2. The Morgan fingerprint density at radius 1 is 0.288 bits per heavy atom. The molecule has 66 heavy (non-hydrogen) atoms. The number of allylic oxidation sites excluding steroid dienone is 6. The first-order valence-electron chi connectivity index (χ1n) is 29.0. The normalized spacial score (nSPS) is 12.2. The van der Waals surface area contributed by atoms with Gasteiger partial charge >= 0.3 is 17.9 Å². The molecule has 6 nitrogen and oxygen atoms in total. The molecular formula is C60H110O6. The molecule has 0 aliphatic rings. The van der Waals surface area contributed by atoms with Gasteiger partial charge in [0.15, 0.2) is 6.10 Å². The van der Waals surface area contributed by atoms with Crippen molar-refractivity contribution in [3.63, 3.8) is 0 Å². The molecule has 1 unspecified atom stereocenters. The predicted octanol–water partition coefficient (Wildman–Crippen LogP) is 19.3. The van der Waals surface area contributed by atoms with E-state index in [4.69, 9.17) is 14.2 Å². The van der Waals surface area contributed by atoms with Crippen LogP contribution in [0.15, 0.2) is 36.5 Å². The molecule has 0 saturated carbocycles.